The molecule has 0 radical (unpaired) electrons. The van der Waals surface area contributed by atoms with Crippen LogP contribution in [0.4, 0.5) is 0 Å². The van der Waals surface area contributed by atoms with E-state index < -0.39 is 0 Å². The smallest absolute Gasteiger partial charge is 0.352 e. The Morgan fingerprint density at radius 1 is 1.09 bits per heavy atom. The molecule has 0 fully saturated rings. The van der Waals surface area contributed by atoms with Gasteiger partial charge >= 0.3 is 5.69 Å². The summed E-state index contributed by atoms with van der Waals surface area (Å²) in [6.07, 6.45) is 1.75. The molecule has 0 saturated heterocycles. The minimum atomic E-state index is -0.373. The zero-order valence-corrected chi connectivity index (χ0v) is 19.9. The number of nitrogens with zero attached hydrogens (tertiary/aromatic N) is 4. The summed E-state index contributed by atoms with van der Waals surface area (Å²) < 4.78 is 4.29. The first-order valence-corrected chi connectivity index (χ1v) is 11.4. The van der Waals surface area contributed by atoms with Gasteiger partial charge in [0, 0.05) is 18.2 Å². The number of hydrogen-bond donors (Lipinski definition) is 1. The standard InChI is InChI=1S/C26H29N5O3/c1-6-18-7-9-19(10-8-18)15-29-26(34)31-22-13-20(23(32)27-14-16(2)3)11-12-21(22)24(33)30(17(4)5)25(31)28-29/h6-13,16-17H,1,14-15H2,2-5H3,(H,27,32). The van der Waals surface area contributed by atoms with Crippen molar-refractivity contribution < 1.29 is 4.79 Å². The molecule has 4 aromatic rings. The molecule has 2 aromatic heterocycles. The topological polar surface area (TPSA) is 90.4 Å². The molecule has 0 aliphatic rings. The lowest BCUT2D eigenvalue weighted by Gasteiger charge is -2.13. The van der Waals surface area contributed by atoms with Gasteiger partial charge in [-0.3, -0.25) is 14.2 Å². The summed E-state index contributed by atoms with van der Waals surface area (Å²) in [4.78, 5) is 39.5. The Morgan fingerprint density at radius 2 is 1.79 bits per heavy atom. The van der Waals surface area contributed by atoms with E-state index in [1.54, 1.807) is 24.3 Å². The quantitative estimate of drug-likeness (QED) is 0.458. The Hall–Kier alpha value is -3.94. The zero-order chi connectivity index (χ0) is 24.6. The van der Waals surface area contributed by atoms with Crippen molar-refractivity contribution >= 4 is 28.7 Å². The van der Waals surface area contributed by atoms with Crippen molar-refractivity contribution in [2.45, 2.75) is 40.3 Å². The van der Waals surface area contributed by atoms with E-state index in [1.165, 1.54) is 13.6 Å². The summed E-state index contributed by atoms with van der Waals surface area (Å²) in [7, 11) is 0. The molecule has 176 valence electrons. The Kier molecular flexibility index (Phi) is 6.24. The van der Waals surface area contributed by atoms with Gasteiger partial charge in [0.05, 0.1) is 17.4 Å². The fourth-order valence-corrected chi connectivity index (χ4v) is 3.92. The number of rotatable bonds is 7. The number of aromatic nitrogens is 4. The molecule has 1 N–H and O–H groups in total. The van der Waals surface area contributed by atoms with Crippen molar-refractivity contribution in [3.63, 3.8) is 0 Å². The number of carbonyl (C=O) groups is 1. The average Bonchev–Trinajstić information content (AvgIpc) is 3.12. The molecule has 0 spiro atoms. The highest BCUT2D eigenvalue weighted by Crippen LogP contribution is 2.17. The van der Waals surface area contributed by atoms with Crippen molar-refractivity contribution in [1.29, 1.82) is 0 Å². The molecule has 0 saturated carbocycles. The number of carbonyl (C=O) groups excluding carboxylic acids is 1. The van der Waals surface area contributed by atoms with Gasteiger partial charge in [-0.2, -0.15) is 0 Å². The molecular formula is C26H29N5O3. The lowest BCUT2D eigenvalue weighted by molar-refractivity contribution is 0.0949. The van der Waals surface area contributed by atoms with E-state index in [1.807, 2.05) is 52.0 Å². The number of nitrogens with one attached hydrogen (secondary N) is 1. The van der Waals surface area contributed by atoms with Crippen molar-refractivity contribution in [3.8, 4) is 0 Å². The predicted octanol–water partition coefficient (Wildman–Crippen LogP) is 3.47. The predicted molar refractivity (Wildman–Crippen MR) is 134 cm³/mol. The molecule has 0 bridgehead atoms. The molecule has 8 heteroatoms. The first-order chi connectivity index (χ1) is 16.2. The Bertz CT molecular complexity index is 1500. The summed E-state index contributed by atoms with van der Waals surface area (Å²) in [5.41, 5.74) is 2.01. The van der Waals surface area contributed by atoms with Crippen LogP contribution in [0.3, 0.4) is 0 Å². The largest absolute Gasteiger partial charge is 0.352 e. The van der Waals surface area contributed by atoms with Crippen LogP contribution in [0.15, 0.2) is 58.6 Å². The summed E-state index contributed by atoms with van der Waals surface area (Å²) in [6, 6.07) is 12.3. The third-order valence-corrected chi connectivity index (χ3v) is 5.72. The van der Waals surface area contributed by atoms with Crippen LogP contribution in [0.2, 0.25) is 0 Å². The Morgan fingerprint density at radius 3 is 2.41 bits per heavy atom. The molecule has 0 atom stereocenters. The monoisotopic (exact) mass is 459 g/mol. The fraction of sp³-hybridized carbons (Fsp3) is 0.308. The summed E-state index contributed by atoms with van der Waals surface area (Å²) in [6.45, 7) is 12.3. The third-order valence-electron chi connectivity index (χ3n) is 5.72. The zero-order valence-electron chi connectivity index (χ0n) is 19.9. The highest BCUT2D eigenvalue weighted by molar-refractivity contribution is 5.98. The highest BCUT2D eigenvalue weighted by atomic mass is 16.2. The summed E-state index contributed by atoms with van der Waals surface area (Å²) >= 11 is 0. The molecular weight excluding hydrogens is 430 g/mol. The van der Waals surface area contributed by atoms with Gasteiger partial charge in [-0.15, -0.1) is 5.10 Å². The second-order valence-electron chi connectivity index (χ2n) is 9.13. The number of fused-ring (bicyclic) bond motifs is 3. The molecule has 2 aromatic carbocycles. The van der Waals surface area contributed by atoms with Crippen molar-refractivity contribution in [2.24, 2.45) is 5.92 Å². The maximum atomic E-state index is 13.5. The van der Waals surface area contributed by atoms with Gasteiger partial charge in [0.25, 0.3) is 11.5 Å². The summed E-state index contributed by atoms with van der Waals surface area (Å²) in [5.74, 6) is 0.301. The van der Waals surface area contributed by atoms with Crippen LogP contribution in [-0.4, -0.2) is 31.2 Å². The van der Waals surface area contributed by atoms with Crippen molar-refractivity contribution in [1.82, 2.24) is 24.1 Å². The van der Waals surface area contributed by atoms with E-state index in [-0.39, 0.29) is 35.5 Å². The van der Waals surface area contributed by atoms with Crippen LogP contribution in [0.5, 0.6) is 0 Å². The third kappa shape index (κ3) is 4.19. The number of benzene rings is 2. The van der Waals surface area contributed by atoms with Crippen LogP contribution in [-0.2, 0) is 6.54 Å². The van der Waals surface area contributed by atoms with Gasteiger partial charge in [0.2, 0.25) is 5.78 Å². The maximum absolute atomic E-state index is 13.5. The molecule has 2 heterocycles. The van der Waals surface area contributed by atoms with Gasteiger partial charge in [-0.1, -0.05) is 50.8 Å². The normalized spacial score (nSPS) is 11.6. The molecule has 4 rings (SSSR count). The van der Waals surface area contributed by atoms with E-state index in [0.29, 0.717) is 28.9 Å². The van der Waals surface area contributed by atoms with Crippen molar-refractivity contribution in [3.05, 3.63) is 86.6 Å². The van der Waals surface area contributed by atoms with Gasteiger partial charge in [0.15, 0.2) is 0 Å². The van der Waals surface area contributed by atoms with E-state index >= 15 is 0 Å². The van der Waals surface area contributed by atoms with Gasteiger partial charge < -0.3 is 5.32 Å². The number of hydrogen-bond acceptors (Lipinski definition) is 4. The second kappa shape index (κ2) is 9.13. The van der Waals surface area contributed by atoms with Crippen molar-refractivity contribution in [2.75, 3.05) is 6.54 Å². The van der Waals surface area contributed by atoms with E-state index in [9.17, 15) is 14.4 Å². The minimum absolute atomic E-state index is 0.212. The molecule has 8 nitrogen and oxygen atoms in total. The first kappa shape index (κ1) is 23.2. The molecule has 0 unspecified atom stereocenters. The molecule has 0 aliphatic carbocycles. The van der Waals surface area contributed by atoms with E-state index in [2.05, 4.69) is 17.0 Å². The van der Waals surface area contributed by atoms with Gasteiger partial charge in [-0.25, -0.2) is 13.9 Å². The SMILES string of the molecule is C=Cc1ccc(Cn2nc3n(C(C)C)c(=O)c4ccc(C(=O)NCC(C)C)cc4n3c2=O)cc1. The van der Waals surface area contributed by atoms with E-state index in [4.69, 9.17) is 0 Å². The first-order valence-electron chi connectivity index (χ1n) is 11.4. The Labute approximate surface area is 197 Å². The Balaban J connectivity index is 1.91. The molecule has 1 amide bonds. The van der Waals surface area contributed by atoms with Crippen LogP contribution in [0.1, 0.15) is 55.2 Å². The summed E-state index contributed by atoms with van der Waals surface area (Å²) in [5, 5.41) is 7.77. The lowest BCUT2D eigenvalue weighted by atomic mass is 10.1. The number of amides is 1. The van der Waals surface area contributed by atoms with E-state index in [0.717, 1.165) is 11.1 Å². The van der Waals surface area contributed by atoms with Gasteiger partial charge in [-0.05, 0) is 49.1 Å². The molecule has 0 aliphatic heterocycles. The highest BCUT2D eigenvalue weighted by Gasteiger charge is 2.20. The van der Waals surface area contributed by atoms with Crippen LogP contribution >= 0.6 is 0 Å². The van der Waals surface area contributed by atoms with Gasteiger partial charge in [0.1, 0.15) is 0 Å². The minimum Gasteiger partial charge on any atom is -0.352 e. The lowest BCUT2D eigenvalue weighted by Crippen LogP contribution is -2.29. The second-order valence-corrected chi connectivity index (χ2v) is 9.13. The van der Waals surface area contributed by atoms with Crippen LogP contribution < -0.4 is 16.6 Å². The molecule has 34 heavy (non-hydrogen) atoms. The van der Waals surface area contributed by atoms with Crippen LogP contribution in [0, 0.1) is 5.92 Å². The fourth-order valence-electron chi connectivity index (χ4n) is 3.92. The van der Waals surface area contributed by atoms with Crippen LogP contribution in [0.25, 0.3) is 22.8 Å². The maximum Gasteiger partial charge on any atom is 0.352 e. The average molecular weight is 460 g/mol.